The van der Waals surface area contributed by atoms with Crippen molar-refractivity contribution in [2.24, 2.45) is 5.11 Å². The molecule has 0 saturated heterocycles. The summed E-state index contributed by atoms with van der Waals surface area (Å²) in [5.74, 6) is 0. The summed E-state index contributed by atoms with van der Waals surface area (Å²) in [4.78, 5) is 2.68. The van der Waals surface area contributed by atoms with E-state index in [9.17, 15) is 5.11 Å². The van der Waals surface area contributed by atoms with E-state index in [1.54, 1.807) is 6.07 Å². The molecule has 4 heteroatoms. The van der Waals surface area contributed by atoms with Crippen LogP contribution in [-0.4, -0.2) is 5.11 Å². The van der Waals surface area contributed by atoms with Crippen LogP contribution in [0.2, 0.25) is 0 Å². The van der Waals surface area contributed by atoms with Crippen molar-refractivity contribution in [2.45, 2.75) is 6.23 Å². The number of hydrogen-bond acceptors (Lipinski definition) is 2. The quantitative estimate of drug-likeness (QED) is 0.416. The summed E-state index contributed by atoms with van der Waals surface area (Å²) in [6.07, 6.45) is -1.19. The van der Waals surface area contributed by atoms with E-state index in [0.717, 1.165) is 21.9 Å². The van der Waals surface area contributed by atoms with E-state index in [2.05, 4.69) is 10.0 Å². The fraction of sp³-hybridized carbons (Fsp3) is 0.0588. The standard InChI is InChI=1S/C17H13N3O/c18-20-19-17(21)16-10-4-3-9-15(16)14-11-5-7-12-6-1-2-8-13(12)14/h1-11,17,21H. The number of hydrogen-bond donors (Lipinski definition) is 1. The van der Waals surface area contributed by atoms with E-state index in [4.69, 9.17) is 5.53 Å². The predicted octanol–water partition coefficient (Wildman–Crippen LogP) is 4.81. The number of fused-ring (bicyclic) bond motifs is 1. The highest BCUT2D eigenvalue weighted by Crippen LogP contribution is 2.33. The molecule has 0 radical (unpaired) electrons. The Hall–Kier alpha value is -2.81. The van der Waals surface area contributed by atoms with Gasteiger partial charge in [-0.15, -0.1) is 0 Å². The molecule has 21 heavy (non-hydrogen) atoms. The number of azide groups is 1. The van der Waals surface area contributed by atoms with Gasteiger partial charge in [-0.25, -0.2) is 0 Å². The van der Waals surface area contributed by atoms with Crippen LogP contribution < -0.4 is 0 Å². The molecule has 0 aliphatic rings. The van der Waals surface area contributed by atoms with E-state index in [0.29, 0.717) is 5.56 Å². The Balaban J connectivity index is 2.26. The van der Waals surface area contributed by atoms with Crippen molar-refractivity contribution in [1.82, 2.24) is 0 Å². The number of aliphatic hydroxyl groups is 1. The van der Waals surface area contributed by atoms with Crippen LogP contribution in [0.5, 0.6) is 0 Å². The molecule has 1 N–H and O–H groups in total. The molecular formula is C17H13N3O. The van der Waals surface area contributed by atoms with E-state index >= 15 is 0 Å². The molecule has 102 valence electrons. The van der Waals surface area contributed by atoms with Gasteiger partial charge in [-0.2, -0.15) is 0 Å². The Morgan fingerprint density at radius 1 is 0.857 bits per heavy atom. The van der Waals surface area contributed by atoms with Gasteiger partial charge in [0.15, 0.2) is 6.23 Å². The first-order chi connectivity index (χ1) is 10.3. The van der Waals surface area contributed by atoms with E-state index < -0.39 is 6.23 Å². The van der Waals surface area contributed by atoms with Crippen molar-refractivity contribution in [3.05, 3.63) is 82.7 Å². The third-order valence-electron chi connectivity index (χ3n) is 3.48. The van der Waals surface area contributed by atoms with E-state index in [1.165, 1.54) is 0 Å². The molecule has 0 heterocycles. The minimum Gasteiger partial charge on any atom is -0.382 e. The maximum atomic E-state index is 10.0. The van der Waals surface area contributed by atoms with Crippen LogP contribution in [0.15, 0.2) is 71.8 Å². The SMILES string of the molecule is [N-]=[N+]=NC(O)c1ccccc1-c1cccc2ccccc12. The highest BCUT2D eigenvalue weighted by atomic mass is 16.3. The highest BCUT2D eigenvalue weighted by molar-refractivity contribution is 5.97. The third-order valence-corrected chi connectivity index (χ3v) is 3.48. The zero-order valence-electron chi connectivity index (χ0n) is 11.2. The summed E-state index contributed by atoms with van der Waals surface area (Å²) in [5, 5.41) is 15.6. The van der Waals surface area contributed by atoms with Crippen LogP contribution >= 0.6 is 0 Å². The topological polar surface area (TPSA) is 69.0 Å². The van der Waals surface area contributed by atoms with Crippen LogP contribution in [0, 0.1) is 0 Å². The lowest BCUT2D eigenvalue weighted by Gasteiger charge is -2.13. The second-order valence-corrected chi connectivity index (χ2v) is 4.69. The molecule has 0 aliphatic heterocycles. The predicted molar refractivity (Wildman–Crippen MR) is 83.5 cm³/mol. The fourth-order valence-electron chi connectivity index (χ4n) is 2.54. The molecule has 1 atom stereocenters. The van der Waals surface area contributed by atoms with Crippen LogP contribution in [0.4, 0.5) is 0 Å². The van der Waals surface area contributed by atoms with Gasteiger partial charge in [0.25, 0.3) is 0 Å². The lowest BCUT2D eigenvalue weighted by Crippen LogP contribution is -1.96. The van der Waals surface area contributed by atoms with Gasteiger partial charge in [0.05, 0.1) is 0 Å². The molecule has 4 nitrogen and oxygen atoms in total. The molecule has 0 fully saturated rings. The first kappa shape index (κ1) is 13.2. The molecule has 0 amide bonds. The van der Waals surface area contributed by atoms with Crippen LogP contribution in [0.1, 0.15) is 11.8 Å². The Morgan fingerprint density at radius 2 is 1.52 bits per heavy atom. The van der Waals surface area contributed by atoms with Gasteiger partial charge in [0.2, 0.25) is 0 Å². The van der Waals surface area contributed by atoms with Gasteiger partial charge in [0, 0.05) is 4.91 Å². The smallest absolute Gasteiger partial charge is 0.158 e. The normalized spacial score (nSPS) is 11.9. The van der Waals surface area contributed by atoms with Crippen LogP contribution in [-0.2, 0) is 0 Å². The Kier molecular flexibility index (Phi) is 3.56. The molecule has 0 spiro atoms. The lowest BCUT2D eigenvalue weighted by molar-refractivity contribution is 0.187. The van der Waals surface area contributed by atoms with Crippen LogP contribution in [0.3, 0.4) is 0 Å². The van der Waals surface area contributed by atoms with Gasteiger partial charge in [-0.05, 0) is 33.0 Å². The van der Waals surface area contributed by atoms with Crippen molar-refractivity contribution < 1.29 is 5.11 Å². The molecule has 0 aromatic heterocycles. The van der Waals surface area contributed by atoms with Gasteiger partial charge < -0.3 is 5.11 Å². The van der Waals surface area contributed by atoms with Gasteiger partial charge in [0.1, 0.15) is 0 Å². The van der Waals surface area contributed by atoms with Crippen molar-refractivity contribution in [1.29, 1.82) is 0 Å². The summed E-state index contributed by atoms with van der Waals surface area (Å²) in [5.41, 5.74) is 11.0. The molecule has 1 unspecified atom stereocenters. The zero-order chi connectivity index (χ0) is 14.7. The maximum Gasteiger partial charge on any atom is 0.158 e. The number of nitrogens with zero attached hydrogens (tertiary/aromatic N) is 3. The first-order valence-electron chi connectivity index (χ1n) is 6.60. The second kappa shape index (κ2) is 5.67. The number of rotatable bonds is 3. The van der Waals surface area contributed by atoms with E-state index in [-0.39, 0.29) is 0 Å². The molecule has 0 saturated carbocycles. The first-order valence-corrected chi connectivity index (χ1v) is 6.60. The zero-order valence-corrected chi connectivity index (χ0v) is 11.2. The van der Waals surface area contributed by atoms with Gasteiger partial charge in [-0.3, -0.25) is 0 Å². The molecule has 3 aromatic carbocycles. The molecule has 0 aliphatic carbocycles. The minimum atomic E-state index is -1.19. The summed E-state index contributed by atoms with van der Waals surface area (Å²) in [6, 6.07) is 21.5. The van der Waals surface area contributed by atoms with Crippen molar-refractivity contribution in [3.8, 4) is 11.1 Å². The second-order valence-electron chi connectivity index (χ2n) is 4.69. The molecule has 0 bridgehead atoms. The molecule has 3 rings (SSSR count). The van der Waals surface area contributed by atoms with E-state index in [1.807, 2.05) is 60.7 Å². The maximum absolute atomic E-state index is 10.0. The highest BCUT2D eigenvalue weighted by Gasteiger charge is 2.13. The average molecular weight is 275 g/mol. The minimum absolute atomic E-state index is 0.603. The molecular weight excluding hydrogens is 262 g/mol. The van der Waals surface area contributed by atoms with Gasteiger partial charge >= 0.3 is 0 Å². The Morgan fingerprint density at radius 3 is 2.38 bits per heavy atom. The summed E-state index contributed by atoms with van der Waals surface area (Å²) in [6.45, 7) is 0. The third kappa shape index (κ3) is 2.46. The summed E-state index contributed by atoms with van der Waals surface area (Å²) in [7, 11) is 0. The number of benzene rings is 3. The number of aliphatic hydroxyl groups excluding tert-OH is 1. The average Bonchev–Trinajstić information content (AvgIpc) is 2.54. The lowest BCUT2D eigenvalue weighted by atomic mass is 9.94. The molecule has 3 aromatic rings. The summed E-state index contributed by atoms with van der Waals surface area (Å²) < 4.78 is 0. The fourth-order valence-corrected chi connectivity index (χ4v) is 2.54. The largest absolute Gasteiger partial charge is 0.382 e. The Labute approximate surface area is 121 Å². The Bertz CT molecular complexity index is 833. The van der Waals surface area contributed by atoms with Crippen molar-refractivity contribution >= 4 is 10.8 Å². The van der Waals surface area contributed by atoms with Crippen molar-refractivity contribution in [3.63, 3.8) is 0 Å². The van der Waals surface area contributed by atoms with Gasteiger partial charge in [-0.1, -0.05) is 71.8 Å². The summed E-state index contributed by atoms with van der Waals surface area (Å²) >= 11 is 0. The monoisotopic (exact) mass is 275 g/mol. The van der Waals surface area contributed by atoms with Crippen molar-refractivity contribution in [2.75, 3.05) is 0 Å². The van der Waals surface area contributed by atoms with Crippen LogP contribution in [0.25, 0.3) is 32.3 Å².